The van der Waals surface area contributed by atoms with E-state index >= 15 is 0 Å². The SMILES string of the molecule is NC(=O)CC1=NC(O)C(Cc2cccc(Cl)c2)=C(C(F)(F)F)N1. The predicted molar refractivity (Wildman–Crippen MR) is 78.6 cm³/mol. The summed E-state index contributed by atoms with van der Waals surface area (Å²) in [5, 5.41) is 12.4. The summed E-state index contributed by atoms with van der Waals surface area (Å²) in [5.41, 5.74) is 3.94. The minimum atomic E-state index is -4.74. The van der Waals surface area contributed by atoms with Gasteiger partial charge in [0.1, 0.15) is 11.5 Å². The van der Waals surface area contributed by atoms with E-state index in [0.29, 0.717) is 10.6 Å². The highest BCUT2D eigenvalue weighted by Crippen LogP contribution is 2.32. The lowest BCUT2D eigenvalue weighted by Crippen LogP contribution is -2.41. The highest BCUT2D eigenvalue weighted by molar-refractivity contribution is 6.30. The van der Waals surface area contributed by atoms with Crippen molar-refractivity contribution in [1.82, 2.24) is 5.32 Å². The first-order valence-electron chi connectivity index (χ1n) is 6.51. The zero-order valence-corrected chi connectivity index (χ0v) is 12.4. The fraction of sp³-hybridized carbons (Fsp3) is 0.286. The third kappa shape index (κ3) is 4.46. The first-order valence-corrected chi connectivity index (χ1v) is 6.89. The van der Waals surface area contributed by atoms with Crippen LogP contribution >= 0.6 is 11.6 Å². The highest BCUT2D eigenvalue weighted by atomic mass is 35.5. The average Bonchev–Trinajstić information content (AvgIpc) is 2.39. The lowest BCUT2D eigenvalue weighted by Gasteiger charge is -2.26. The summed E-state index contributed by atoms with van der Waals surface area (Å²) in [7, 11) is 0. The predicted octanol–water partition coefficient (Wildman–Crippen LogP) is 1.89. The third-order valence-corrected chi connectivity index (χ3v) is 3.32. The number of nitrogens with two attached hydrogens (primary N) is 1. The maximum absolute atomic E-state index is 13.2. The summed E-state index contributed by atoms with van der Waals surface area (Å²) >= 11 is 5.81. The average molecular weight is 348 g/mol. The molecule has 23 heavy (non-hydrogen) atoms. The van der Waals surface area contributed by atoms with Crippen molar-refractivity contribution >= 4 is 23.3 Å². The van der Waals surface area contributed by atoms with Crippen LogP contribution in [0, 0.1) is 0 Å². The molecule has 0 bridgehead atoms. The Balaban J connectivity index is 2.36. The van der Waals surface area contributed by atoms with Crippen molar-refractivity contribution in [2.24, 2.45) is 10.7 Å². The second-order valence-corrected chi connectivity index (χ2v) is 5.36. The highest BCUT2D eigenvalue weighted by Gasteiger charge is 2.40. The molecule has 1 aliphatic rings. The Bertz CT molecular complexity index is 686. The van der Waals surface area contributed by atoms with Crippen molar-refractivity contribution in [3.63, 3.8) is 0 Å². The number of hydrogen-bond donors (Lipinski definition) is 3. The van der Waals surface area contributed by atoms with Crippen LogP contribution < -0.4 is 11.1 Å². The van der Waals surface area contributed by atoms with Gasteiger partial charge in [0.25, 0.3) is 0 Å². The topological polar surface area (TPSA) is 87.7 Å². The molecule has 1 aromatic carbocycles. The van der Waals surface area contributed by atoms with E-state index in [2.05, 4.69) is 10.3 Å². The van der Waals surface area contributed by atoms with Gasteiger partial charge in [-0.3, -0.25) is 4.79 Å². The maximum atomic E-state index is 13.2. The number of aliphatic hydroxyl groups is 1. The molecule has 5 nitrogen and oxygen atoms in total. The Hall–Kier alpha value is -2.06. The van der Waals surface area contributed by atoms with Gasteiger partial charge < -0.3 is 16.2 Å². The fourth-order valence-corrected chi connectivity index (χ4v) is 2.38. The van der Waals surface area contributed by atoms with E-state index in [4.69, 9.17) is 17.3 Å². The zero-order chi connectivity index (χ0) is 17.2. The van der Waals surface area contributed by atoms with E-state index in [0.717, 1.165) is 0 Å². The van der Waals surface area contributed by atoms with Gasteiger partial charge >= 0.3 is 6.18 Å². The third-order valence-electron chi connectivity index (χ3n) is 3.09. The minimum absolute atomic E-state index is 0.197. The molecule has 0 aliphatic carbocycles. The number of aliphatic imine (C=N–C) groups is 1. The summed E-state index contributed by atoms with van der Waals surface area (Å²) in [4.78, 5) is 14.5. The van der Waals surface area contributed by atoms with Gasteiger partial charge in [0, 0.05) is 17.0 Å². The van der Waals surface area contributed by atoms with E-state index in [1.165, 1.54) is 6.07 Å². The Labute approximate surface area is 134 Å². The van der Waals surface area contributed by atoms with Crippen molar-refractivity contribution in [2.75, 3.05) is 0 Å². The van der Waals surface area contributed by atoms with Crippen molar-refractivity contribution in [1.29, 1.82) is 0 Å². The maximum Gasteiger partial charge on any atom is 0.431 e. The summed E-state index contributed by atoms with van der Waals surface area (Å²) in [5.74, 6) is -1.18. The van der Waals surface area contributed by atoms with Crippen LogP contribution in [0.2, 0.25) is 5.02 Å². The fourth-order valence-electron chi connectivity index (χ4n) is 2.17. The van der Waals surface area contributed by atoms with E-state index in [-0.39, 0.29) is 17.8 Å². The summed E-state index contributed by atoms with van der Waals surface area (Å²) in [6.45, 7) is 0. The molecule has 1 aliphatic heterocycles. The van der Waals surface area contributed by atoms with E-state index in [1.54, 1.807) is 18.2 Å². The number of allylic oxidation sites excluding steroid dienone is 1. The van der Waals surface area contributed by atoms with Crippen LogP contribution in [0.5, 0.6) is 0 Å². The molecule has 0 saturated carbocycles. The van der Waals surface area contributed by atoms with Gasteiger partial charge in [0.2, 0.25) is 5.91 Å². The van der Waals surface area contributed by atoms with Gasteiger partial charge in [-0.15, -0.1) is 0 Å². The number of aliphatic hydroxyl groups excluding tert-OH is 1. The van der Waals surface area contributed by atoms with Crippen molar-refractivity contribution in [3.8, 4) is 0 Å². The number of nitrogens with one attached hydrogen (secondary N) is 1. The number of amidine groups is 1. The van der Waals surface area contributed by atoms with Crippen LogP contribution in [0.1, 0.15) is 12.0 Å². The van der Waals surface area contributed by atoms with Crippen LogP contribution in [0.15, 0.2) is 40.5 Å². The second kappa shape index (κ2) is 6.59. The van der Waals surface area contributed by atoms with Crippen molar-refractivity contribution < 1.29 is 23.1 Å². The molecule has 0 saturated heterocycles. The van der Waals surface area contributed by atoms with E-state index in [9.17, 15) is 23.1 Å². The van der Waals surface area contributed by atoms with Gasteiger partial charge in [-0.2, -0.15) is 13.2 Å². The molecule has 1 aromatic rings. The number of rotatable bonds is 4. The van der Waals surface area contributed by atoms with Crippen LogP contribution in [-0.4, -0.2) is 29.3 Å². The molecule has 1 amide bonds. The summed E-state index contributed by atoms with van der Waals surface area (Å²) < 4.78 is 39.7. The molecule has 0 fully saturated rings. The first kappa shape index (κ1) is 17.3. The normalized spacial score (nSPS) is 18.5. The van der Waals surface area contributed by atoms with Crippen LogP contribution in [-0.2, 0) is 11.2 Å². The standard InChI is InChI=1S/C14H13ClF3N3O2/c15-8-3-1-2-7(4-8)5-9-12(14(16,17)18)20-11(6-10(19)22)21-13(9)23/h1-4,13,23H,5-6H2,(H2,19,22)(H,20,21). The monoisotopic (exact) mass is 347 g/mol. The number of carbonyl (C=O) groups excluding carboxylic acids is 1. The molecular weight excluding hydrogens is 335 g/mol. The van der Waals surface area contributed by atoms with Gasteiger partial charge in [-0.05, 0) is 17.7 Å². The number of carbonyl (C=O) groups is 1. The van der Waals surface area contributed by atoms with Gasteiger partial charge in [0.15, 0.2) is 6.23 Å². The van der Waals surface area contributed by atoms with E-state index < -0.39 is 30.4 Å². The molecule has 124 valence electrons. The van der Waals surface area contributed by atoms with Gasteiger partial charge in [0.05, 0.1) is 6.42 Å². The Morgan fingerprint density at radius 1 is 1.43 bits per heavy atom. The smallest absolute Gasteiger partial charge is 0.369 e. The molecule has 1 unspecified atom stereocenters. The largest absolute Gasteiger partial charge is 0.431 e. The Morgan fingerprint density at radius 3 is 2.70 bits per heavy atom. The minimum Gasteiger partial charge on any atom is -0.369 e. The molecule has 1 heterocycles. The van der Waals surface area contributed by atoms with Crippen LogP contribution in [0.3, 0.4) is 0 Å². The van der Waals surface area contributed by atoms with Gasteiger partial charge in [-0.1, -0.05) is 23.7 Å². The number of halogens is 4. The summed E-state index contributed by atoms with van der Waals surface area (Å²) in [6, 6.07) is 6.26. The first-order chi connectivity index (χ1) is 10.7. The number of nitrogens with zero attached hydrogens (tertiary/aromatic N) is 1. The molecule has 0 spiro atoms. The lowest BCUT2D eigenvalue weighted by atomic mass is 10.00. The Morgan fingerprint density at radius 2 is 2.13 bits per heavy atom. The van der Waals surface area contributed by atoms with Crippen LogP contribution in [0.25, 0.3) is 0 Å². The molecule has 9 heteroatoms. The molecule has 2 rings (SSSR count). The Kier molecular flexibility index (Phi) is 4.96. The van der Waals surface area contributed by atoms with Gasteiger partial charge in [-0.25, -0.2) is 4.99 Å². The molecule has 1 atom stereocenters. The number of alkyl halides is 3. The molecule has 4 N–H and O–H groups in total. The number of amides is 1. The number of hydrogen-bond acceptors (Lipinski definition) is 4. The molecule has 0 radical (unpaired) electrons. The number of benzene rings is 1. The van der Waals surface area contributed by atoms with E-state index in [1.807, 2.05) is 0 Å². The van der Waals surface area contributed by atoms with Crippen molar-refractivity contribution in [2.45, 2.75) is 25.2 Å². The summed E-state index contributed by atoms with van der Waals surface area (Å²) in [6.07, 6.45) is -7.19. The number of primary amides is 1. The quantitative estimate of drug-likeness (QED) is 0.777. The van der Waals surface area contributed by atoms with Crippen molar-refractivity contribution in [3.05, 3.63) is 46.1 Å². The second-order valence-electron chi connectivity index (χ2n) is 4.92. The van der Waals surface area contributed by atoms with Crippen LogP contribution in [0.4, 0.5) is 13.2 Å². The zero-order valence-electron chi connectivity index (χ0n) is 11.7. The molecular formula is C14H13ClF3N3O2. The lowest BCUT2D eigenvalue weighted by molar-refractivity contribution is -0.117. The molecule has 0 aromatic heterocycles.